The van der Waals surface area contributed by atoms with Crippen molar-refractivity contribution >= 4 is 17.6 Å². The Hall–Kier alpha value is -3.75. The normalized spacial score (nSPS) is 14.2. The summed E-state index contributed by atoms with van der Waals surface area (Å²) >= 11 is 0. The Morgan fingerprint density at radius 1 is 0.938 bits per heavy atom. The molecule has 0 fully saturated rings. The highest BCUT2D eigenvalue weighted by atomic mass is 19.1. The molecule has 0 radical (unpaired) electrons. The number of carbonyl (C=O) groups is 1. The van der Waals surface area contributed by atoms with Crippen LogP contribution in [0.5, 0.6) is 11.5 Å². The van der Waals surface area contributed by atoms with Crippen LogP contribution in [0.15, 0.2) is 42.6 Å². The number of rotatable bonds is 1. The van der Waals surface area contributed by atoms with Crippen LogP contribution in [0.2, 0.25) is 0 Å². The fourth-order valence-electron chi connectivity index (χ4n) is 3.34. The molecule has 32 heavy (non-hydrogen) atoms. The second-order valence-corrected chi connectivity index (χ2v) is 7.29. The van der Waals surface area contributed by atoms with Gasteiger partial charge in [0.25, 0.3) is 0 Å². The highest BCUT2D eigenvalue weighted by Crippen LogP contribution is 2.30. The average Bonchev–Trinajstić information content (AvgIpc) is 2.77. The smallest absolute Gasteiger partial charge is 0.339 e. The van der Waals surface area contributed by atoms with Crippen molar-refractivity contribution in [2.75, 3.05) is 18.5 Å². The van der Waals surface area contributed by atoms with Gasteiger partial charge in [0, 0.05) is 17.3 Å². The van der Waals surface area contributed by atoms with E-state index in [-0.39, 0.29) is 28.7 Å². The third-order valence-corrected chi connectivity index (χ3v) is 4.97. The van der Waals surface area contributed by atoms with Crippen molar-refractivity contribution < 1.29 is 28.2 Å². The number of hydrogen-bond acceptors (Lipinski definition) is 6. The van der Waals surface area contributed by atoms with Gasteiger partial charge in [-0.15, -0.1) is 0 Å². The van der Waals surface area contributed by atoms with Gasteiger partial charge in [0.2, 0.25) is 5.95 Å². The van der Waals surface area contributed by atoms with Crippen LogP contribution in [0.25, 0.3) is 11.3 Å². The molecule has 1 aromatic heterocycles. The summed E-state index contributed by atoms with van der Waals surface area (Å²) in [5.41, 5.74) is 0.840. The van der Waals surface area contributed by atoms with Crippen LogP contribution >= 0.6 is 0 Å². The maximum absolute atomic E-state index is 14.5. The van der Waals surface area contributed by atoms with E-state index in [2.05, 4.69) is 15.3 Å². The van der Waals surface area contributed by atoms with Gasteiger partial charge < -0.3 is 19.9 Å². The summed E-state index contributed by atoms with van der Waals surface area (Å²) in [5, 5.41) is 12.4. The summed E-state index contributed by atoms with van der Waals surface area (Å²) in [5.74, 6) is -1.96. The molecule has 4 rings (SSSR count). The summed E-state index contributed by atoms with van der Waals surface area (Å²) in [6.45, 7) is 0.657. The van der Waals surface area contributed by atoms with Crippen molar-refractivity contribution in [3.63, 3.8) is 0 Å². The molecule has 9 heteroatoms. The molecule has 0 saturated heterocycles. The standard InChI is InChI=1S/C23H21F2N3O4/c24-17-8-5-14-11-20(17)32-10-4-2-1-3-9-31-19-12-15(6-7-16(19)22(29)30)27-23-26-13-18(25)21(14)28-23/h5-8,11-13H,1-4,9-10H2,(H,29,30)(H,26,27,28). The molecule has 2 heterocycles. The number of aromatic nitrogens is 2. The fourth-order valence-corrected chi connectivity index (χ4v) is 3.34. The average molecular weight is 441 g/mol. The number of benzene rings is 2. The Labute approximate surface area is 183 Å². The van der Waals surface area contributed by atoms with Gasteiger partial charge in [-0.2, -0.15) is 0 Å². The lowest BCUT2D eigenvalue weighted by atomic mass is 10.1. The van der Waals surface area contributed by atoms with Crippen LogP contribution in [0.1, 0.15) is 36.0 Å². The van der Waals surface area contributed by atoms with Gasteiger partial charge in [0.1, 0.15) is 17.0 Å². The quantitative estimate of drug-likeness (QED) is 0.536. The molecule has 2 aromatic carbocycles. The van der Waals surface area contributed by atoms with Gasteiger partial charge in [0.05, 0.1) is 19.4 Å². The Morgan fingerprint density at radius 3 is 2.44 bits per heavy atom. The van der Waals surface area contributed by atoms with Crippen LogP contribution in [0.3, 0.4) is 0 Å². The zero-order valence-electron chi connectivity index (χ0n) is 17.1. The first-order chi connectivity index (χ1) is 15.5. The lowest BCUT2D eigenvalue weighted by Gasteiger charge is -2.14. The van der Waals surface area contributed by atoms with Crippen molar-refractivity contribution in [1.29, 1.82) is 0 Å². The zero-order chi connectivity index (χ0) is 22.5. The maximum Gasteiger partial charge on any atom is 0.339 e. The number of fused-ring (bicyclic) bond motifs is 7. The van der Waals surface area contributed by atoms with Crippen molar-refractivity contribution in [3.05, 3.63) is 59.8 Å². The molecule has 0 saturated carbocycles. The highest BCUT2D eigenvalue weighted by Gasteiger charge is 2.16. The van der Waals surface area contributed by atoms with Gasteiger partial charge in [-0.05, 0) is 56.0 Å². The molecule has 1 aliphatic rings. The fraction of sp³-hybridized carbons (Fsp3) is 0.261. The van der Waals surface area contributed by atoms with Gasteiger partial charge in [-0.25, -0.2) is 23.5 Å². The number of carboxylic acids is 1. The lowest BCUT2D eigenvalue weighted by Crippen LogP contribution is -2.07. The van der Waals surface area contributed by atoms with E-state index in [9.17, 15) is 18.7 Å². The Kier molecular flexibility index (Phi) is 6.44. The van der Waals surface area contributed by atoms with Crippen LogP contribution in [0.4, 0.5) is 20.4 Å². The molecule has 0 unspecified atom stereocenters. The molecular weight excluding hydrogens is 420 g/mol. The number of nitrogens with zero attached hydrogens (tertiary/aromatic N) is 2. The van der Waals surface area contributed by atoms with Crippen molar-refractivity contribution in [3.8, 4) is 22.8 Å². The summed E-state index contributed by atoms with van der Waals surface area (Å²) in [6, 6.07) is 8.57. The molecular formula is C23H21F2N3O4. The minimum Gasteiger partial charge on any atom is -0.493 e. The van der Waals surface area contributed by atoms with Crippen LogP contribution in [-0.4, -0.2) is 34.3 Å². The highest BCUT2D eigenvalue weighted by molar-refractivity contribution is 5.91. The Balaban J connectivity index is 1.73. The molecule has 0 aliphatic carbocycles. The summed E-state index contributed by atoms with van der Waals surface area (Å²) < 4.78 is 39.9. The second kappa shape index (κ2) is 9.59. The summed E-state index contributed by atoms with van der Waals surface area (Å²) in [4.78, 5) is 19.7. The molecule has 2 N–H and O–H groups in total. The van der Waals surface area contributed by atoms with E-state index in [4.69, 9.17) is 9.47 Å². The minimum atomic E-state index is -1.10. The van der Waals surface area contributed by atoms with E-state index >= 15 is 0 Å². The topological polar surface area (TPSA) is 93.6 Å². The summed E-state index contributed by atoms with van der Waals surface area (Å²) in [7, 11) is 0. The first kappa shape index (κ1) is 21.5. The van der Waals surface area contributed by atoms with Crippen molar-refractivity contribution in [1.82, 2.24) is 9.97 Å². The number of nitrogens with one attached hydrogen (secondary N) is 1. The SMILES string of the molecule is O=C(O)c1ccc2cc1OCCCCCCOc1cc(ccc1F)-c1nc(ncc1F)N2. The van der Waals surface area contributed by atoms with E-state index in [1.165, 1.54) is 24.3 Å². The van der Waals surface area contributed by atoms with Gasteiger partial charge in [0.15, 0.2) is 17.4 Å². The van der Waals surface area contributed by atoms with Crippen molar-refractivity contribution in [2.45, 2.75) is 25.7 Å². The minimum absolute atomic E-state index is 0.0212. The lowest BCUT2D eigenvalue weighted by molar-refractivity contribution is 0.0692. The predicted molar refractivity (Wildman–Crippen MR) is 114 cm³/mol. The van der Waals surface area contributed by atoms with E-state index in [0.717, 1.165) is 25.5 Å². The number of hydrogen-bond donors (Lipinski definition) is 2. The number of aromatic carboxylic acids is 1. The monoisotopic (exact) mass is 441 g/mol. The molecule has 0 amide bonds. The van der Waals surface area contributed by atoms with Gasteiger partial charge in [-0.3, -0.25) is 0 Å². The number of anilines is 2. The van der Waals surface area contributed by atoms with Crippen LogP contribution in [0, 0.1) is 11.6 Å². The molecule has 166 valence electrons. The first-order valence-corrected chi connectivity index (χ1v) is 10.2. The number of halogens is 2. The van der Waals surface area contributed by atoms with Crippen LogP contribution < -0.4 is 14.8 Å². The molecule has 1 aliphatic heterocycles. The maximum atomic E-state index is 14.5. The van der Waals surface area contributed by atoms with Gasteiger partial charge >= 0.3 is 5.97 Å². The Bertz CT molecular complexity index is 1140. The van der Waals surface area contributed by atoms with Crippen LogP contribution in [-0.2, 0) is 0 Å². The second-order valence-electron chi connectivity index (χ2n) is 7.29. The zero-order valence-corrected chi connectivity index (χ0v) is 17.1. The predicted octanol–water partition coefficient (Wildman–Crippen LogP) is 5.20. The van der Waals surface area contributed by atoms with Gasteiger partial charge in [-0.1, -0.05) is 0 Å². The van der Waals surface area contributed by atoms with E-state index in [1.54, 1.807) is 12.1 Å². The molecule has 0 atom stereocenters. The third-order valence-electron chi connectivity index (χ3n) is 4.97. The third kappa shape index (κ3) is 4.93. The van der Waals surface area contributed by atoms with E-state index in [1.807, 2.05) is 0 Å². The molecule has 7 nitrogen and oxygen atoms in total. The number of carboxylic acid groups (broad SMARTS) is 1. The number of ether oxygens (including phenoxy) is 2. The summed E-state index contributed by atoms with van der Waals surface area (Å²) in [6.07, 6.45) is 4.12. The molecule has 0 spiro atoms. The Morgan fingerprint density at radius 2 is 1.69 bits per heavy atom. The molecule has 3 aromatic rings. The first-order valence-electron chi connectivity index (χ1n) is 10.2. The molecule has 6 bridgehead atoms. The van der Waals surface area contributed by atoms with E-state index in [0.29, 0.717) is 30.9 Å². The largest absolute Gasteiger partial charge is 0.493 e. The van der Waals surface area contributed by atoms with Crippen molar-refractivity contribution in [2.24, 2.45) is 0 Å². The van der Waals surface area contributed by atoms with E-state index < -0.39 is 17.6 Å².